The molecule has 2 aromatic rings. The van der Waals surface area contributed by atoms with Gasteiger partial charge < -0.3 is 9.26 Å². The largest absolute Gasteiger partial charge is 0.368 e. The van der Waals surface area contributed by atoms with E-state index in [1.54, 1.807) is 0 Å². The van der Waals surface area contributed by atoms with E-state index < -0.39 is 10.2 Å². The lowest BCUT2D eigenvalue weighted by Crippen LogP contribution is -2.35. The zero-order valence-electron chi connectivity index (χ0n) is 12.4. The number of aromatic nitrogens is 2. The molecule has 0 amide bonds. The van der Waals surface area contributed by atoms with E-state index in [-0.39, 0.29) is 25.0 Å². The van der Waals surface area contributed by atoms with Crippen LogP contribution in [0.5, 0.6) is 0 Å². The van der Waals surface area contributed by atoms with E-state index in [0.29, 0.717) is 12.5 Å². The summed E-state index contributed by atoms with van der Waals surface area (Å²) in [6.07, 6.45) is 1.62. The minimum absolute atomic E-state index is 0.0413. The molecule has 1 saturated heterocycles. The molecule has 0 aliphatic carbocycles. The van der Waals surface area contributed by atoms with Crippen LogP contribution in [0.2, 0.25) is 0 Å². The van der Waals surface area contributed by atoms with E-state index in [1.807, 2.05) is 30.3 Å². The Balaban J connectivity index is 1.50. The number of hydrogen-bond donors (Lipinski definition) is 2. The molecule has 0 unspecified atom stereocenters. The van der Waals surface area contributed by atoms with Gasteiger partial charge in [0.25, 0.3) is 16.1 Å². The van der Waals surface area contributed by atoms with Gasteiger partial charge in [-0.25, -0.2) is 0 Å². The summed E-state index contributed by atoms with van der Waals surface area (Å²) in [6.45, 7) is 0.850. The molecule has 2 N–H and O–H groups in total. The third-order valence-corrected chi connectivity index (χ3v) is 4.47. The maximum Gasteiger partial charge on any atom is 0.277 e. The van der Waals surface area contributed by atoms with Gasteiger partial charge in [-0.05, 0) is 18.4 Å². The van der Waals surface area contributed by atoms with E-state index in [1.165, 1.54) is 0 Å². The number of benzene rings is 1. The van der Waals surface area contributed by atoms with Gasteiger partial charge in [0.05, 0.1) is 6.54 Å². The lowest BCUT2D eigenvalue weighted by atomic mass is 10.2. The second-order valence-electron chi connectivity index (χ2n) is 5.18. The molecule has 1 aliphatic heterocycles. The van der Waals surface area contributed by atoms with Crippen molar-refractivity contribution >= 4 is 10.2 Å². The van der Waals surface area contributed by atoms with Crippen molar-refractivity contribution in [1.82, 2.24) is 19.6 Å². The fraction of sp³-hybridized carbons (Fsp3) is 0.429. The molecular formula is C14H18N4O4S. The summed E-state index contributed by atoms with van der Waals surface area (Å²) in [7, 11) is -3.64. The van der Waals surface area contributed by atoms with Gasteiger partial charge in [0.1, 0.15) is 6.10 Å². The molecule has 1 aliphatic rings. The predicted molar refractivity (Wildman–Crippen MR) is 81.3 cm³/mol. The van der Waals surface area contributed by atoms with Crippen LogP contribution in [0.3, 0.4) is 0 Å². The molecule has 1 aromatic heterocycles. The zero-order valence-corrected chi connectivity index (χ0v) is 13.3. The molecule has 2 heterocycles. The van der Waals surface area contributed by atoms with Gasteiger partial charge in [-0.15, -0.1) is 0 Å². The van der Waals surface area contributed by atoms with E-state index in [0.717, 1.165) is 18.4 Å². The molecule has 3 rings (SSSR count). The number of hydrogen-bond acceptors (Lipinski definition) is 6. The summed E-state index contributed by atoms with van der Waals surface area (Å²) < 4.78 is 39.2. The van der Waals surface area contributed by atoms with Crippen molar-refractivity contribution in [3.8, 4) is 0 Å². The number of nitrogens with zero attached hydrogens (tertiary/aromatic N) is 2. The van der Waals surface area contributed by atoms with Crippen molar-refractivity contribution in [1.29, 1.82) is 0 Å². The first-order valence-electron chi connectivity index (χ1n) is 7.35. The Morgan fingerprint density at radius 1 is 1.17 bits per heavy atom. The standard InChI is InChI=1S/C14H18N4O4S/c19-23(20,15-9-11-5-2-1-3-6-11)16-10-13-17-14(22-18-13)12-7-4-8-21-12/h1-3,5-6,12,15-16H,4,7-10H2/t12-/m1/s1. The molecule has 0 saturated carbocycles. The van der Waals surface area contributed by atoms with Crippen molar-refractivity contribution in [3.63, 3.8) is 0 Å². The molecule has 8 nitrogen and oxygen atoms in total. The number of nitrogens with one attached hydrogen (secondary N) is 2. The predicted octanol–water partition coefficient (Wildman–Crippen LogP) is 1.05. The quantitative estimate of drug-likeness (QED) is 0.781. The fourth-order valence-corrected chi connectivity index (χ4v) is 3.01. The van der Waals surface area contributed by atoms with Crippen LogP contribution in [0.4, 0.5) is 0 Å². The third kappa shape index (κ3) is 4.58. The molecule has 9 heteroatoms. The fourth-order valence-electron chi connectivity index (χ4n) is 2.23. The molecule has 1 fully saturated rings. The van der Waals surface area contributed by atoms with Crippen LogP contribution in [0.25, 0.3) is 0 Å². The van der Waals surface area contributed by atoms with Crippen LogP contribution in [-0.4, -0.2) is 25.2 Å². The molecule has 23 heavy (non-hydrogen) atoms. The Morgan fingerprint density at radius 3 is 2.70 bits per heavy atom. The molecule has 1 aromatic carbocycles. The molecule has 0 spiro atoms. The zero-order chi connectivity index (χ0) is 16.1. The molecule has 124 valence electrons. The molecule has 1 atom stereocenters. The summed E-state index contributed by atoms with van der Waals surface area (Å²) in [5, 5.41) is 3.76. The van der Waals surface area contributed by atoms with E-state index in [9.17, 15) is 8.42 Å². The van der Waals surface area contributed by atoms with E-state index >= 15 is 0 Å². The minimum Gasteiger partial charge on any atom is -0.368 e. The van der Waals surface area contributed by atoms with Crippen molar-refractivity contribution in [3.05, 3.63) is 47.6 Å². The summed E-state index contributed by atoms with van der Waals surface area (Å²) >= 11 is 0. The highest BCUT2D eigenvalue weighted by Crippen LogP contribution is 2.26. The highest BCUT2D eigenvalue weighted by molar-refractivity contribution is 7.87. The first-order chi connectivity index (χ1) is 11.1. The third-order valence-electron chi connectivity index (χ3n) is 3.42. The first kappa shape index (κ1) is 16.1. The van der Waals surface area contributed by atoms with Crippen LogP contribution in [0.1, 0.15) is 36.2 Å². The lowest BCUT2D eigenvalue weighted by Gasteiger charge is -2.06. The SMILES string of the molecule is O=S(=O)(NCc1ccccc1)NCc1noc([C@H]2CCCO2)n1. The van der Waals surface area contributed by atoms with Gasteiger partial charge in [-0.2, -0.15) is 22.8 Å². The minimum atomic E-state index is -3.64. The van der Waals surface area contributed by atoms with Crippen molar-refractivity contribution in [2.45, 2.75) is 32.0 Å². The smallest absolute Gasteiger partial charge is 0.277 e. The highest BCUT2D eigenvalue weighted by atomic mass is 32.2. The Kier molecular flexibility index (Phi) is 5.01. The maximum atomic E-state index is 11.9. The summed E-state index contributed by atoms with van der Waals surface area (Å²) in [5.74, 6) is 0.675. The Hall–Kier alpha value is -1.81. The van der Waals surface area contributed by atoms with Crippen molar-refractivity contribution in [2.75, 3.05) is 6.61 Å². The average Bonchev–Trinajstić information content (AvgIpc) is 3.23. The second-order valence-corrected chi connectivity index (χ2v) is 6.77. The van der Waals surface area contributed by atoms with Gasteiger partial charge in [-0.3, -0.25) is 0 Å². The maximum absolute atomic E-state index is 11.9. The van der Waals surface area contributed by atoms with Crippen LogP contribution < -0.4 is 9.44 Å². The summed E-state index contributed by atoms with van der Waals surface area (Å²) in [5.41, 5.74) is 0.873. The van der Waals surface area contributed by atoms with Gasteiger partial charge in [0, 0.05) is 13.2 Å². The topological polar surface area (TPSA) is 106 Å². The van der Waals surface area contributed by atoms with Crippen LogP contribution >= 0.6 is 0 Å². The van der Waals surface area contributed by atoms with Crippen LogP contribution in [0, 0.1) is 0 Å². The van der Waals surface area contributed by atoms with Crippen LogP contribution in [-0.2, 0) is 28.0 Å². The van der Waals surface area contributed by atoms with E-state index in [2.05, 4.69) is 19.6 Å². The second kappa shape index (κ2) is 7.18. The van der Waals surface area contributed by atoms with Crippen LogP contribution in [0.15, 0.2) is 34.9 Å². The van der Waals surface area contributed by atoms with Crippen molar-refractivity contribution < 1.29 is 17.7 Å². The van der Waals surface area contributed by atoms with Crippen molar-refractivity contribution in [2.24, 2.45) is 0 Å². The summed E-state index contributed by atoms with van der Waals surface area (Å²) in [4.78, 5) is 4.16. The lowest BCUT2D eigenvalue weighted by molar-refractivity contribution is 0.0835. The molecule has 0 radical (unpaired) electrons. The Morgan fingerprint density at radius 2 is 1.96 bits per heavy atom. The Labute approximate surface area is 134 Å². The van der Waals surface area contributed by atoms with Gasteiger partial charge >= 0.3 is 0 Å². The Bertz CT molecular complexity index is 726. The summed E-state index contributed by atoms with van der Waals surface area (Å²) in [6, 6.07) is 9.26. The first-order valence-corrected chi connectivity index (χ1v) is 8.83. The monoisotopic (exact) mass is 338 g/mol. The normalized spacial score (nSPS) is 18.3. The van der Waals surface area contributed by atoms with Gasteiger partial charge in [0.15, 0.2) is 5.82 Å². The highest BCUT2D eigenvalue weighted by Gasteiger charge is 2.24. The van der Waals surface area contributed by atoms with Gasteiger partial charge in [0.2, 0.25) is 0 Å². The molecular weight excluding hydrogens is 320 g/mol. The number of ether oxygens (including phenoxy) is 1. The average molecular weight is 338 g/mol. The molecule has 0 bridgehead atoms. The van der Waals surface area contributed by atoms with Gasteiger partial charge in [-0.1, -0.05) is 35.5 Å². The number of rotatable bonds is 7. The van der Waals surface area contributed by atoms with E-state index in [4.69, 9.17) is 9.26 Å².